The molecule has 3 amide bonds. The predicted octanol–water partition coefficient (Wildman–Crippen LogP) is 2.59. The molecule has 9 nitrogen and oxygen atoms in total. The van der Waals surface area contributed by atoms with Crippen molar-refractivity contribution in [3.05, 3.63) is 89.1 Å². The highest BCUT2D eigenvalue weighted by molar-refractivity contribution is 7.92. The molecule has 2 aromatic carbocycles. The summed E-state index contributed by atoms with van der Waals surface area (Å²) in [5.74, 6) is -3.11. The zero-order valence-corrected chi connectivity index (χ0v) is 20.3. The molecule has 12 heteroatoms. The van der Waals surface area contributed by atoms with E-state index in [4.69, 9.17) is 16.0 Å². The van der Waals surface area contributed by atoms with Crippen LogP contribution in [-0.4, -0.2) is 67.5 Å². The molecule has 1 fully saturated rings. The van der Waals surface area contributed by atoms with E-state index < -0.39 is 38.7 Å². The number of nitrogens with zero attached hydrogens (tertiary/aromatic N) is 2. The molecule has 1 N–H and O–H groups in total. The molecule has 1 unspecified atom stereocenters. The fourth-order valence-electron chi connectivity index (χ4n) is 3.73. The van der Waals surface area contributed by atoms with E-state index in [1.807, 2.05) is 0 Å². The van der Waals surface area contributed by atoms with Gasteiger partial charge in [0.2, 0.25) is 15.2 Å². The highest BCUT2D eigenvalue weighted by Crippen LogP contribution is 2.21. The van der Waals surface area contributed by atoms with E-state index in [0.29, 0.717) is 5.02 Å². The number of piperazine rings is 1. The van der Waals surface area contributed by atoms with E-state index in [1.165, 1.54) is 70.7 Å². The Bertz CT molecular complexity index is 1370. The first-order valence-corrected chi connectivity index (χ1v) is 12.8. The van der Waals surface area contributed by atoms with Gasteiger partial charge >= 0.3 is 0 Å². The van der Waals surface area contributed by atoms with Crippen LogP contribution in [0.2, 0.25) is 5.02 Å². The smallest absolute Gasteiger partial charge is 0.288 e. The van der Waals surface area contributed by atoms with Crippen LogP contribution >= 0.6 is 11.6 Å². The van der Waals surface area contributed by atoms with E-state index >= 15 is 0 Å². The molecule has 3 aromatic rings. The summed E-state index contributed by atoms with van der Waals surface area (Å²) in [4.78, 5) is 41.1. The number of nitrogens with one attached hydrogen (secondary N) is 1. The van der Waals surface area contributed by atoms with Gasteiger partial charge in [-0.2, -0.15) is 0 Å². The number of benzene rings is 2. The first-order valence-electron chi connectivity index (χ1n) is 10.8. The molecule has 0 aliphatic carbocycles. The average Bonchev–Trinajstić information content (AvgIpc) is 3.42. The summed E-state index contributed by atoms with van der Waals surface area (Å²) in [5, 5.41) is 0.607. The van der Waals surface area contributed by atoms with Crippen molar-refractivity contribution >= 4 is 39.2 Å². The second-order valence-electron chi connectivity index (χ2n) is 7.93. The molecule has 1 aliphatic rings. The minimum Gasteiger partial charge on any atom is -0.459 e. The maximum atomic E-state index is 14.0. The number of hydrogen-bond donors (Lipinski definition) is 1. The summed E-state index contributed by atoms with van der Waals surface area (Å²) in [6, 6.07) is 13.5. The molecule has 1 atom stereocenters. The Balaban J connectivity index is 1.54. The summed E-state index contributed by atoms with van der Waals surface area (Å²) in [6.45, 7) is 0.0854. The number of rotatable bonds is 6. The van der Waals surface area contributed by atoms with Crippen LogP contribution in [0.5, 0.6) is 0 Å². The Morgan fingerprint density at radius 2 is 1.56 bits per heavy atom. The van der Waals surface area contributed by atoms with Gasteiger partial charge < -0.3 is 19.5 Å². The summed E-state index contributed by atoms with van der Waals surface area (Å²) in [6.07, 6.45) is 1.24. The van der Waals surface area contributed by atoms with E-state index in [9.17, 15) is 27.2 Å². The fourth-order valence-corrected chi connectivity index (χ4v) is 5.32. The molecule has 4 rings (SSSR count). The molecular formula is C24H21ClFN3O6S. The molecule has 1 saturated heterocycles. The molecule has 2 heterocycles. The third-order valence-corrected chi connectivity index (χ3v) is 7.79. The van der Waals surface area contributed by atoms with E-state index in [0.717, 1.165) is 0 Å². The van der Waals surface area contributed by atoms with E-state index in [2.05, 4.69) is 5.32 Å². The van der Waals surface area contributed by atoms with Gasteiger partial charge in [0.05, 0.1) is 16.7 Å². The van der Waals surface area contributed by atoms with Gasteiger partial charge in [0.15, 0.2) is 5.76 Å². The molecule has 36 heavy (non-hydrogen) atoms. The van der Waals surface area contributed by atoms with Gasteiger partial charge in [-0.25, -0.2) is 12.8 Å². The largest absolute Gasteiger partial charge is 0.459 e. The maximum Gasteiger partial charge on any atom is 0.288 e. The number of hydrogen-bond acceptors (Lipinski definition) is 6. The highest BCUT2D eigenvalue weighted by atomic mass is 35.5. The molecule has 0 bridgehead atoms. The summed E-state index contributed by atoms with van der Waals surface area (Å²) in [5.41, 5.74) is -0.0915. The summed E-state index contributed by atoms with van der Waals surface area (Å²) < 4.78 is 45.8. The van der Waals surface area contributed by atoms with Crippen LogP contribution in [0.1, 0.15) is 20.9 Å². The summed E-state index contributed by atoms with van der Waals surface area (Å²) >= 11 is 5.86. The highest BCUT2D eigenvalue weighted by Gasteiger charge is 2.40. The van der Waals surface area contributed by atoms with Gasteiger partial charge in [-0.15, -0.1) is 0 Å². The van der Waals surface area contributed by atoms with Crippen LogP contribution in [0.25, 0.3) is 0 Å². The third-order valence-electron chi connectivity index (χ3n) is 5.67. The van der Waals surface area contributed by atoms with Crippen LogP contribution in [0.4, 0.5) is 4.39 Å². The number of carbonyl (C=O) groups is 3. The minimum absolute atomic E-state index is 0.0116. The number of halogens is 2. The zero-order chi connectivity index (χ0) is 25.9. The summed E-state index contributed by atoms with van der Waals surface area (Å²) in [7, 11) is -4.38. The van der Waals surface area contributed by atoms with Gasteiger partial charge in [0.25, 0.3) is 17.7 Å². The normalized spacial score (nSPS) is 14.8. The lowest BCUT2D eigenvalue weighted by Crippen LogP contribution is -2.57. The van der Waals surface area contributed by atoms with Crippen LogP contribution < -0.4 is 5.32 Å². The number of sulfone groups is 1. The Morgan fingerprint density at radius 3 is 2.17 bits per heavy atom. The number of carbonyl (C=O) groups excluding carboxylic acids is 3. The number of furan rings is 1. The van der Waals surface area contributed by atoms with Gasteiger partial charge in [-0.1, -0.05) is 23.7 Å². The Kier molecular flexibility index (Phi) is 7.41. The molecule has 1 aromatic heterocycles. The van der Waals surface area contributed by atoms with Crippen molar-refractivity contribution in [3.63, 3.8) is 0 Å². The molecule has 1 aliphatic heterocycles. The topological polar surface area (TPSA) is 117 Å². The van der Waals surface area contributed by atoms with Crippen molar-refractivity contribution in [2.24, 2.45) is 0 Å². The van der Waals surface area contributed by atoms with E-state index in [1.54, 1.807) is 6.07 Å². The van der Waals surface area contributed by atoms with Gasteiger partial charge in [-0.3, -0.25) is 14.4 Å². The van der Waals surface area contributed by atoms with Gasteiger partial charge in [0, 0.05) is 31.2 Å². The van der Waals surface area contributed by atoms with Crippen LogP contribution in [0, 0.1) is 5.82 Å². The maximum absolute atomic E-state index is 14.0. The van der Waals surface area contributed by atoms with Crippen LogP contribution in [0.15, 0.2) is 76.2 Å². The SMILES string of the molecule is O=C(NC(C(=O)N1CCN(C(=O)c2ccccc2F)CC1)S(=O)(=O)c1ccc(Cl)cc1)c1ccco1. The Morgan fingerprint density at radius 1 is 0.917 bits per heavy atom. The minimum atomic E-state index is -4.38. The molecule has 188 valence electrons. The molecule has 0 saturated carbocycles. The molecule has 0 radical (unpaired) electrons. The van der Waals surface area contributed by atoms with Crippen molar-refractivity contribution < 1.29 is 31.6 Å². The van der Waals surface area contributed by atoms with Crippen LogP contribution in [0.3, 0.4) is 0 Å². The Hall–Kier alpha value is -3.70. The first-order chi connectivity index (χ1) is 17.2. The lowest BCUT2D eigenvalue weighted by atomic mass is 10.1. The van der Waals surface area contributed by atoms with Crippen molar-refractivity contribution in [1.29, 1.82) is 0 Å². The second kappa shape index (κ2) is 10.5. The van der Waals surface area contributed by atoms with Crippen LogP contribution in [-0.2, 0) is 14.6 Å². The number of amides is 3. The zero-order valence-electron chi connectivity index (χ0n) is 18.8. The van der Waals surface area contributed by atoms with Crippen molar-refractivity contribution in [2.45, 2.75) is 10.3 Å². The third kappa shape index (κ3) is 5.26. The van der Waals surface area contributed by atoms with Gasteiger partial charge in [0.1, 0.15) is 5.82 Å². The quantitative estimate of drug-likeness (QED) is 0.520. The lowest BCUT2D eigenvalue weighted by molar-refractivity contribution is -0.132. The monoisotopic (exact) mass is 533 g/mol. The molecule has 0 spiro atoms. The average molecular weight is 534 g/mol. The van der Waals surface area contributed by atoms with Gasteiger partial charge in [-0.05, 0) is 48.5 Å². The molecular weight excluding hydrogens is 513 g/mol. The Labute approximate surface area is 211 Å². The first kappa shape index (κ1) is 25.4. The van der Waals surface area contributed by atoms with E-state index in [-0.39, 0.29) is 42.4 Å². The van der Waals surface area contributed by atoms with Crippen molar-refractivity contribution in [1.82, 2.24) is 15.1 Å². The van der Waals surface area contributed by atoms with Crippen molar-refractivity contribution in [2.75, 3.05) is 26.2 Å². The van der Waals surface area contributed by atoms with Crippen molar-refractivity contribution in [3.8, 4) is 0 Å². The second-order valence-corrected chi connectivity index (χ2v) is 10.4. The predicted molar refractivity (Wildman–Crippen MR) is 127 cm³/mol. The fraction of sp³-hybridized carbons (Fsp3) is 0.208. The lowest BCUT2D eigenvalue weighted by Gasteiger charge is -2.36. The standard InChI is InChI=1S/C24H21ClFN3O6S/c25-16-7-9-17(10-8-16)36(33,34)22(27-21(30)20-6-3-15-35-20)24(32)29-13-11-28(12-14-29)23(31)18-4-1-2-5-19(18)26/h1-10,15,22H,11-14H2,(H,27,30).